The lowest BCUT2D eigenvalue weighted by Crippen LogP contribution is -2.41. The molecule has 0 spiro atoms. The molecule has 168 valence electrons. The zero-order chi connectivity index (χ0) is 22.7. The molecule has 1 aliphatic carbocycles. The molecule has 32 heavy (non-hydrogen) atoms. The minimum atomic E-state index is -3.70. The van der Waals surface area contributed by atoms with Gasteiger partial charge >= 0.3 is 0 Å². The predicted octanol–water partition coefficient (Wildman–Crippen LogP) is 4.09. The van der Waals surface area contributed by atoms with Gasteiger partial charge in [-0.15, -0.1) is 0 Å². The highest BCUT2D eigenvalue weighted by Gasteiger charge is 2.30. The maximum atomic E-state index is 13.9. The molecule has 0 saturated heterocycles. The number of nitrogens with zero attached hydrogens (tertiary/aromatic N) is 1. The van der Waals surface area contributed by atoms with Crippen LogP contribution < -0.4 is 10.0 Å². The number of amides is 1. The number of hydrogen-bond donors (Lipinski definition) is 2. The van der Waals surface area contributed by atoms with E-state index in [0.717, 1.165) is 10.9 Å². The Bertz CT molecular complexity index is 1220. The Balaban J connectivity index is 1.34. The van der Waals surface area contributed by atoms with E-state index >= 15 is 0 Å². The first kappa shape index (κ1) is 22.4. The fourth-order valence-electron chi connectivity index (χ4n) is 4.19. The van der Waals surface area contributed by atoms with Crippen molar-refractivity contribution in [3.8, 4) is 0 Å². The quantitative estimate of drug-likeness (QED) is 0.586. The lowest BCUT2D eigenvalue weighted by molar-refractivity contribution is -0.126. The molecular weight excluding hydrogens is 429 g/mol. The van der Waals surface area contributed by atoms with Crippen molar-refractivity contribution in [2.24, 2.45) is 5.92 Å². The monoisotopic (exact) mass is 455 g/mol. The molecule has 0 radical (unpaired) electrons. The van der Waals surface area contributed by atoms with E-state index in [1.807, 2.05) is 24.3 Å². The highest BCUT2D eigenvalue weighted by Crippen LogP contribution is 2.27. The van der Waals surface area contributed by atoms with Crippen LogP contribution in [-0.4, -0.2) is 25.4 Å². The van der Waals surface area contributed by atoms with E-state index in [1.54, 1.807) is 31.2 Å². The summed E-state index contributed by atoms with van der Waals surface area (Å²) in [7, 11) is -3.70. The summed E-state index contributed by atoms with van der Waals surface area (Å²) in [6.45, 7) is 1.76. The summed E-state index contributed by atoms with van der Waals surface area (Å²) in [4.78, 5) is 17.0. The van der Waals surface area contributed by atoms with Crippen molar-refractivity contribution in [1.29, 1.82) is 0 Å². The SMILES string of the molecule is C[C@@H](NC(=O)[C@H]1CC[C@H](NS(=O)(=O)c2cnc3ccccc3c2)CC1)c1ccccc1F. The smallest absolute Gasteiger partial charge is 0.242 e. The second-order valence-corrected chi connectivity index (χ2v) is 10.00. The average molecular weight is 456 g/mol. The van der Waals surface area contributed by atoms with E-state index in [9.17, 15) is 17.6 Å². The Labute approximate surface area is 187 Å². The number of carbonyl (C=O) groups is 1. The van der Waals surface area contributed by atoms with Crippen LogP contribution in [0.2, 0.25) is 0 Å². The number of pyridine rings is 1. The van der Waals surface area contributed by atoms with Crippen molar-refractivity contribution in [3.05, 3.63) is 72.2 Å². The number of halogens is 1. The first-order chi connectivity index (χ1) is 15.3. The Morgan fingerprint density at radius 1 is 1.06 bits per heavy atom. The Morgan fingerprint density at radius 3 is 2.50 bits per heavy atom. The molecule has 1 aliphatic rings. The van der Waals surface area contributed by atoms with Gasteiger partial charge in [0, 0.05) is 29.1 Å². The molecule has 1 atom stereocenters. The van der Waals surface area contributed by atoms with Gasteiger partial charge in [-0.2, -0.15) is 0 Å². The van der Waals surface area contributed by atoms with Crippen molar-refractivity contribution in [2.75, 3.05) is 0 Å². The number of aromatic nitrogens is 1. The van der Waals surface area contributed by atoms with Gasteiger partial charge in [-0.1, -0.05) is 36.4 Å². The topological polar surface area (TPSA) is 88.2 Å². The zero-order valence-corrected chi connectivity index (χ0v) is 18.6. The summed E-state index contributed by atoms with van der Waals surface area (Å²) in [5.74, 6) is -0.685. The number of carbonyl (C=O) groups excluding carboxylic acids is 1. The van der Waals surface area contributed by atoms with Crippen molar-refractivity contribution in [3.63, 3.8) is 0 Å². The van der Waals surface area contributed by atoms with Gasteiger partial charge in [0.25, 0.3) is 0 Å². The Hall–Kier alpha value is -2.84. The van der Waals surface area contributed by atoms with Crippen LogP contribution in [0, 0.1) is 11.7 Å². The third-order valence-corrected chi connectivity index (χ3v) is 7.51. The van der Waals surface area contributed by atoms with Gasteiger partial charge < -0.3 is 5.32 Å². The van der Waals surface area contributed by atoms with Gasteiger partial charge in [-0.05, 0) is 50.8 Å². The molecule has 8 heteroatoms. The van der Waals surface area contributed by atoms with Crippen LogP contribution in [0.25, 0.3) is 10.9 Å². The third-order valence-electron chi connectivity index (χ3n) is 6.03. The number of para-hydroxylation sites is 1. The van der Waals surface area contributed by atoms with Crippen LogP contribution in [0.15, 0.2) is 65.7 Å². The molecule has 0 unspecified atom stereocenters. The molecule has 2 N–H and O–H groups in total. The lowest BCUT2D eigenvalue weighted by atomic mass is 9.85. The summed E-state index contributed by atoms with van der Waals surface area (Å²) in [5, 5.41) is 3.65. The number of rotatable bonds is 6. The normalized spacial score (nSPS) is 20.1. The van der Waals surface area contributed by atoms with Crippen LogP contribution in [0.4, 0.5) is 4.39 Å². The van der Waals surface area contributed by atoms with Crippen LogP contribution in [-0.2, 0) is 14.8 Å². The van der Waals surface area contributed by atoms with Gasteiger partial charge in [0.2, 0.25) is 15.9 Å². The number of benzene rings is 2. The zero-order valence-electron chi connectivity index (χ0n) is 17.8. The van der Waals surface area contributed by atoms with Gasteiger partial charge in [0.15, 0.2) is 0 Å². The summed E-state index contributed by atoms with van der Waals surface area (Å²) in [5.41, 5.74) is 1.19. The minimum Gasteiger partial charge on any atom is -0.349 e. The van der Waals surface area contributed by atoms with Gasteiger partial charge in [-0.3, -0.25) is 9.78 Å². The fourth-order valence-corrected chi connectivity index (χ4v) is 5.48. The van der Waals surface area contributed by atoms with Gasteiger partial charge in [-0.25, -0.2) is 17.5 Å². The first-order valence-electron chi connectivity index (χ1n) is 10.8. The van der Waals surface area contributed by atoms with E-state index in [2.05, 4.69) is 15.0 Å². The van der Waals surface area contributed by atoms with E-state index < -0.39 is 16.1 Å². The number of nitrogens with one attached hydrogen (secondary N) is 2. The largest absolute Gasteiger partial charge is 0.349 e. The predicted molar refractivity (Wildman–Crippen MR) is 121 cm³/mol. The number of fused-ring (bicyclic) bond motifs is 1. The molecule has 1 aromatic heterocycles. The van der Waals surface area contributed by atoms with Crippen LogP contribution in [0.5, 0.6) is 0 Å². The second kappa shape index (κ2) is 9.34. The molecule has 1 amide bonds. The molecule has 1 fully saturated rings. The van der Waals surface area contributed by atoms with Crippen LogP contribution in [0.1, 0.15) is 44.2 Å². The standard InChI is InChI=1S/C24H26FN3O3S/c1-16(21-7-3-4-8-22(21)25)27-24(29)17-10-12-19(13-11-17)28-32(30,31)20-14-18-6-2-5-9-23(18)26-15-20/h2-9,14-17,19,28H,10-13H2,1H3,(H,27,29)/t16-,17-,19-/m1/s1. The highest BCUT2D eigenvalue weighted by molar-refractivity contribution is 7.89. The fraction of sp³-hybridized carbons (Fsp3) is 0.333. The minimum absolute atomic E-state index is 0.124. The summed E-state index contributed by atoms with van der Waals surface area (Å²) in [6.07, 6.45) is 3.63. The number of sulfonamides is 1. The number of hydrogen-bond acceptors (Lipinski definition) is 4. The second-order valence-electron chi connectivity index (χ2n) is 8.29. The molecule has 0 aliphatic heterocycles. The summed E-state index contributed by atoms with van der Waals surface area (Å²) < 4.78 is 42.4. The van der Waals surface area contributed by atoms with Crippen molar-refractivity contribution >= 4 is 26.8 Å². The molecule has 2 aromatic carbocycles. The van der Waals surface area contributed by atoms with Crippen molar-refractivity contribution in [1.82, 2.24) is 15.0 Å². The lowest BCUT2D eigenvalue weighted by Gasteiger charge is -2.29. The molecule has 1 saturated carbocycles. The maximum Gasteiger partial charge on any atom is 0.242 e. The molecule has 6 nitrogen and oxygen atoms in total. The van der Waals surface area contributed by atoms with E-state index in [-0.39, 0.29) is 28.6 Å². The van der Waals surface area contributed by atoms with E-state index in [1.165, 1.54) is 12.3 Å². The Morgan fingerprint density at radius 2 is 1.75 bits per heavy atom. The first-order valence-corrected chi connectivity index (χ1v) is 12.2. The molecule has 4 rings (SSSR count). The molecule has 3 aromatic rings. The maximum absolute atomic E-state index is 13.9. The highest BCUT2D eigenvalue weighted by atomic mass is 32.2. The summed E-state index contributed by atoms with van der Waals surface area (Å²) in [6, 6.07) is 14.7. The Kier molecular flexibility index (Phi) is 6.53. The van der Waals surface area contributed by atoms with E-state index in [0.29, 0.717) is 31.2 Å². The average Bonchev–Trinajstić information content (AvgIpc) is 2.79. The third kappa shape index (κ3) is 4.97. The van der Waals surface area contributed by atoms with Crippen LogP contribution in [0.3, 0.4) is 0 Å². The molecule has 0 bridgehead atoms. The van der Waals surface area contributed by atoms with Gasteiger partial charge in [0.05, 0.1) is 11.6 Å². The van der Waals surface area contributed by atoms with E-state index in [4.69, 9.17) is 0 Å². The van der Waals surface area contributed by atoms with Gasteiger partial charge in [0.1, 0.15) is 10.7 Å². The molecule has 1 heterocycles. The van der Waals surface area contributed by atoms with Crippen molar-refractivity contribution in [2.45, 2.75) is 49.6 Å². The van der Waals surface area contributed by atoms with Crippen molar-refractivity contribution < 1.29 is 17.6 Å². The van der Waals surface area contributed by atoms with Crippen LogP contribution >= 0.6 is 0 Å². The summed E-state index contributed by atoms with van der Waals surface area (Å²) >= 11 is 0. The molecular formula is C24H26FN3O3S.